The molecule has 1 N–H and O–H groups in total. The van der Waals surface area contributed by atoms with E-state index in [0.717, 1.165) is 17.3 Å². The predicted octanol–water partition coefficient (Wildman–Crippen LogP) is 4.96. The monoisotopic (exact) mass is 455 g/mol. The van der Waals surface area contributed by atoms with Crippen molar-refractivity contribution < 1.29 is 28.2 Å². The number of benzene rings is 1. The van der Waals surface area contributed by atoms with Crippen LogP contribution in [0.4, 0.5) is 9.18 Å². The van der Waals surface area contributed by atoms with Crippen molar-refractivity contribution in [3.63, 3.8) is 0 Å². The zero-order valence-corrected chi connectivity index (χ0v) is 19.0. The lowest BCUT2D eigenvalue weighted by atomic mass is 10.00. The zero-order valence-electron chi connectivity index (χ0n) is 19.0. The van der Waals surface area contributed by atoms with Gasteiger partial charge in [0.05, 0.1) is 18.2 Å². The van der Waals surface area contributed by atoms with Crippen molar-refractivity contribution in [2.24, 2.45) is 0 Å². The normalized spacial score (nSPS) is 13.5. The maximum atomic E-state index is 14.6. The highest BCUT2D eigenvalue weighted by Gasteiger charge is 2.26. The third kappa shape index (κ3) is 4.92. The number of nitrogens with zero attached hydrogens (tertiary/aromatic N) is 2. The fraction of sp³-hybridized carbons (Fsp3) is 0.375. The molecule has 0 atom stereocenters. The number of ether oxygens (including phenoxy) is 3. The van der Waals surface area contributed by atoms with Gasteiger partial charge in [0.15, 0.2) is 11.6 Å². The van der Waals surface area contributed by atoms with Gasteiger partial charge in [0, 0.05) is 13.1 Å². The largest absolute Gasteiger partial charge is 0.461 e. The highest BCUT2D eigenvalue weighted by Crippen LogP contribution is 2.34. The first-order chi connectivity index (χ1) is 15.6. The van der Waals surface area contributed by atoms with Crippen LogP contribution in [-0.4, -0.2) is 45.7 Å². The van der Waals surface area contributed by atoms with Gasteiger partial charge in [-0.2, -0.15) is 0 Å². The number of halogens is 1. The molecule has 0 radical (unpaired) electrons. The number of aromatic nitrogens is 2. The van der Waals surface area contributed by atoms with Crippen molar-refractivity contribution in [2.45, 2.75) is 46.3 Å². The van der Waals surface area contributed by atoms with Crippen molar-refractivity contribution in [3.05, 3.63) is 53.1 Å². The fourth-order valence-corrected chi connectivity index (χ4v) is 3.65. The van der Waals surface area contributed by atoms with Crippen LogP contribution >= 0.6 is 0 Å². The fourth-order valence-electron chi connectivity index (χ4n) is 3.65. The highest BCUT2D eigenvalue weighted by atomic mass is 19.1. The van der Waals surface area contributed by atoms with E-state index in [0.29, 0.717) is 36.3 Å². The van der Waals surface area contributed by atoms with E-state index in [-0.39, 0.29) is 24.1 Å². The molecule has 2 aromatic heterocycles. The summed E-state index contributed by atoms with van der Waals surface area (Å²) in [5, 5.41) is 0.325. The summed E-state index contributed by atoms with van der Waals surface area (Å²) in [6.07, 6.45) is 1.34. The molecule has 0 saturated heterocycles. The maximum absolute atomic E-state index is 14.6. The number of carbonyl (C=O) groups is 2. The number of esters is 1. The molecular weight excluding hydrogens is 429 g/mol. The molecule has 1 aliphatic heterocycles. The number of pyridine rings is 1. The molecule has 33 heavy (non-hydrogen) atoms. The van der Waals surface area contributed by atoms with E-state index >= 15 is 0 Å². The minimum absolute atomic E-state index is 0.0495. The average Bonchev–Trinajstić information content (AvgIpc) is 3.19. The first-order valence-corrected chi connectivity index (χ1v) is 10.8. The lowest BCUT2D eigenvalue weighted by Crippen LogP contribution is -2.39. The maximum Gasteiger partial charge on any atom is 0.410 e. The molecule has 1 aromatic carbocycles. The lowest BCUT2D eigenvalue weighted by Gasteiger charge is -2.31. The van der Waals surface area contributed by atoms with Gasteiger partial charge in [-0.3, -0.25) is 0 Å². The summed E-state index contributed by atoms with van der Waals surface area (Å²) in [7, 11) is 0. The molecule has 4 rings (SSSR count). The van der Waals surface area contributed by atoms with Crippen LogP contribution in [-0.2, 0) is 22.4 Å². The van der Waals surface area contributed by atoms with E-state index in [1.54, 1.807) is 24.0 Å². The Morgan fingerprint density at radius 2 is 2.00 bits per heavy atom. The van der Waals surface area contributed by atoms with Crippen molar-refractivity contribution in [1.29, 1.82) is 0 Å². The molecule has 1 amide bonds. The Morgan fingerprint density at radius 3 is 2.73 bits per heavy atom. The van der Waals surface area contributed by atoms with Crippen LogP contribution in [0.1, 0.15) is 49.3 Å². The summed E-state index contributed by atoms with van der Waals surface area (Å²) < 4.78 is 31.0. The first-order valence-electron chi connectivity index (χ1n) is 10.8. The standard InChI is InChI=1S/C24H26FN3O5/c1-5-31-22(29)19-11-17-20(18(25)12-26-21(17)27-19)32-16-7-6-14-8-9-28(13-15(14)10-16)23(30)33-24(2,3)4/h6-7,10-12H,5,8-9,13H2,1-4H3,(H,26,27). The van der Waals surface area contributed by atoms with Gasteiger partial charge in [0.25, 0.3) is 0 Å². The van der Waals surface area contributed by atoms with Crippen LogP contribution in [0, 0.1) is 5.82 Å². The molecule has 3 aromatic rings. The Morgan fingerprint density at radius 1 is 1.21 bits per heavy atom. The van der Waals surface area contributed by atoms with E-state index in [9.17, 15) is 14.0 Å². The van der Waals surface area contributed by atoms with Gasteiger partial charge in [-0.1, -0.05) is 6.07 Å². The third-order valence-corrected chi connectivity index (χ3v) is 5.12. The van der Waals surface area contributed by atoms with Crippen LogP contribution < -0.4 is 4.74 Å². The number of carbonyl (C=O) groups excluding carboxylic acids is 2. The minimum atomic E-state index is -0.662. The molecule has 0 bridgehead atoms. The van der Waals surface area contributed by atoms with Crippen molar-refractivity contribution in [3.8, 4) is 11.5 Å². The molecule has 0 fully saturated rings. The Balaban J connectivity index is 1.59. The van der Waals surface area contributed by atoms with Crippen LogP contribution in [0.25, 0.3) is 11.0 Å². The number of nitrogens with one attached hydrogen (secondary N) is 1. The molecule has 1 aliphatic rings. The number of amides is 1. The Labute approximate surface area is 190 Å². The van der Waals surface area contributed by atoms with Gasteiger partial charge in [-0.25, -0.2) is 19.0 Å². The summed E-state index contributed by atoms with van der Waals surface area (Å²) in [4.78, 5) is 33.0. The van der Waals surface area contributed by atoms with Gasteiger partial charge in [-0.05, 0) is 63.4 Å². The van der Waals surface area contributed by atoms with Gasteiger partial charge >= 0.3 is 12.1 Å². The van der Waals surface area contributed by atoms with Crippen LogP contribution in [0.5, 0.6) is 11.5 Å². The number of hydrogen-bond donors (Lipinski definition) is 1. The number of aromatic amines is 1. The summed E-state index contributed by atoms with van der Waals surface area (Å²) in [6, 6.07) is 6.92. The summed E-state index contributed by atoms with van der Waals surface area (Å²) in [5.74, 6) is -0.862. The van der Waals surface area contributed by atoms with E-state index < -0.39 is 17.4 Å². The molecule has 3 heterocycles. The summed E-state index contributed by atoms with van der Waals surface area (Å²) in [5.41, 5.74) is 1.88. The van der Waals surface area contributed by atoms with Gasteiger partial charge in [-0.15, -0.1) is 0 Å². The molecule has 0 unspecified atom stereocenters. The van der Waals surface area contributed by atoms with Crippen LogP contribution in [0.3, 0.4) is 0 Å². The van der Waals surface area contributed by atoms with E-state index in [1.807, 2.05) is 26.8 Å². The van der Waals surface area contributed by atoms with Crippen molar-refractivity contribution in [2.75, 3.05) is 13.2 Å². The van der Waals surface area contributed by atoms with E-state index in [4.69, 9.17) is 14.2 Å². The number of hydrogen-bond acceptors (Lipinski definition) is 6. The molecule has 9 heteroatoms. The molecule has 8 nitrogen and oxygen atoms in total. The lowest BCUT2D eigenvalue weighted by molar-refractivity contribution is 0.0223. The molecule has 0 saturated carbocycles. The Bertz CT molecular complexity index is 1210. The second kappa shape index (κ2) is 8.73. The smallest absolute Gasteiger partial charge is 0.410 e. The summed E-state index contributed by atoms with van der Waals surface area (Å²) >= 11 is 0. The van der Waals surface area contributed by atoms with Crippen molar-refractivity contribution in [1.82, 2.24) is 14.9 Å². The second-order valence-electron chi connectivity index (χ2n) is 8.79. The quantitative estimate of drug-likeness (QED) is 0.559. The van der Waals surface area contributed by atoms with Gasteiger partial charge < -0.3 is 24.1 Å². The molecule has 0 aliphatic carbocycles. The SMILES string of the molecule is CCOC(=O)c1cc2c(Oc3ccc4c(c3)CN(C(=O)OC(C)(C)C)CC4)c(F)cnc2[nH]1. The van der Waals surface area contributed by atoms with Gasteiger partial charge in [0.2, 0.25) is 0 Å². The van der Waals surface area contributed by atoms with E-state index in [2.05, 4.69) is 9.97 Å². The number of H-pyrrole nitrogens is 1. The van der Waals surface area contributed by atoms with Crippen LogP contribution in [0.15, 0.2) is 30.5 Å². The number of rotatable bonds is 4. The zero-order chi connectivity index (χ0) is 23.8. The Kier molecular flexibility index (Phi) is 5.97. The molecular formula is C24H26FN3O5. The van der Waals surface area contributed by atoms with Crippen LogP contribution in [0.2, 0.25) is 0 Å². The highest BCUT2D eigenvalue weighted by molar-refractivity contribution is 5.95. The molecule has 0 spiro atoms. The first kappa shape index (κ1) is 22.6. The van der Waals surface area contributed by atoms with E-state index in [1.165, 1.54) is 6.07 Å². The Hall–Kier alpha value is -3.62. The third-order valence-electron chi connectivity index (χ3n) is 5.12. The van der Waals surface area contributed by atoms with Crippen molar-refractivity contribution >= 4 is 23.1 Å². The predicted molar refractivity (Wildman–Crippen MR) is 119 cm³/mol. The minimum Gasteiger partial charge on any atom is -0.461 e. The average molecular weight is 455 g/mol. The molecule has 174 valence electrons. The second-order valence-corrected chi connectivity index (χ2v) is 8.79. The van der Waals surface area contributed by atoms with Gasteiger partial charge in [0.1, 0.15) is 22.7 Å². The topological polar surface area (TPSA) is 93.8 Å². The summed E-state index contributed by atoms with van der Waals surface area (Å²) in [6.45, 7) is 8.32. The number of fused-ring (bicyclic) bond motifs is 2.